The van der Waals surface area contributed by atoms with Crippen LogP contribution in [0, 0.1) is 0 Å². The Morgan fingerprint density at radius 2 is 2.06 bits per heavy atom. The zero-order chi connectivity index (χ0) is 12.7. The summed E-state index contributed by atoms with van der Waals surface area (Å²) in [4.78, 5) is 0. The summed E-state index contributed by atoms with van der Waals surface area (Å²) in [6.45, 7) is 2.21. The normalized spacial score (nSPS) is 17.5. The van der Waals surface area contributed by atoms with Crippen LogP contribution < -0.4 is 5.32 Å². The molecule has 0 spiro atoms. The van der Waals surface area contributed by atoms with Crippen LogP contribution in [0.15, 0.2) is 22.7 Å². The van der Waals surface area contributed by atoms with Gasteiger partial charge >= 0.3 is 0 Å². The van der Waals surface area contributed by atoms with Gasteiger partial charge in [0.25, 0.3) is 0 Å². The predicted molar refractivity (Wildman–Crippen MR) is 80.5 cm³/mol. The largest absolute Gasteiger partial charge is 0.345 e. The number of piperidine rings is 1. The molecule has 0 unspecified atom stereocenters. The summed E-state index contributed by atoms with van der Waals surface area (Å²) in [6, 6.07) is 6.11. The van der Waals surface area contributed by atoms with Crippen LogP contribution in [0.2, 0.25) is 5.02 Å². The van der Waals surface area contributed by atoms with Gasteiger partial charge in [-0.1, -0.05) is 23.7 Å². The van der Waals surface area contributed by atoms with Crippen LogP contribution in [0.4, 0.5) is 0 Å². The Labute approximate surface area is 120 Å². The maximum atomic E-state index is 6.33. The summed E-state index contributed by atoms with van der Waals surface area (Å²) in [5, 5.41) is 5.47. The Bertz CT molecular complexity index is 585. The van der Waals surface area contributed by atoms with Crippen molar-refractivity contribution in [2.24, 2.45) is 7.05 Å². The Balaban J connectivity index is 2.20. The fourth-order valence-electron chi connectivity index (χ4n) is 2.99. The second-order valence-electron chi connectivity index (χ2n) is 4.92. The first-order valence-corrected chi connectivity index (χ1v) is 7.50. The van der Waals surface area contributed by atoms with Crippen LogP contribution in [0.1, 0.15) is 24.5 Å². The highest BCUT2D eigenvalue weighted by Crippen LogP contribution is 2.40. The van der Waals surface area contributed by atoms with Crippen molar-refractivity contribution in [3.63, 3.8) is 0 Å². The molecule has 0 atom stereocenters. The van der Waals surface area contributed by atoms with Gasteiger partial charge in [-0.2, -0.15) is 0 Å². The molecule has 1 aromatic heterocycles. The molecule has 1 N–H and O–H groups in total. The van der Waals surface area contributed by atoms with Crippen LogP contribution >= 0.6 is 27.5 Å². The van der Waals surface area contributed by atoms with E-state index < -0.39 is 0 Å². The van der Waals surface area contributed by atoms with Crippen LogP contribution in [-0.4, -0.2) is 17.7 Å². The van der Waals surface area contributed by atoms with E-state index in [4.69, 9.17) is 11.6 Å². The molecule has 96 valence electrons. The molecule has 2 heterocycles. The summed E-state index contributed by atoms with van der Waals surface area (Å²) < 4.78 is 3.48. The minimum Gasteiger partial charge on any atom is -0.345 e. The first-order valence-electron chi connectivity index (χ1n) is 6.33. The standard InChI is InChI=1S/C14H16BrClN2/c1-18-13(9-5-7-17-8-6-9)12(15)10-3-2-4-11(16)14(10)18/h2-4,9,17H,5-8H2,1H3. The number of halogens is 2. The van der Waals surface area contributed by atoms with Gasteiger partial charge in [-0.3, -0.25) is 0 Å². The second kappa shape index (κ2) is 4.87. The summed E-state index contributed by atoms with van der Waals surface area (Å²) in [5.74, 6) is 0.620. The molecule has 1 aromatic carbocycles. The third-order valence-electron chi connectivity index (χ3n) is 3.87. The first kappa shape index (κ1) is 12.5. The van der Waals surface area contributed by atoms with Crippen molar-refractivity contribution < 1.29 is 0 Å². The van der Waals surface area contributed by atoms with Gasteiger partial charge in [0.1, 0.15) is 0 Å². The third kappa shape index (κ3) is 1.89. The fourth-order valence-corrected chi connectivity index (χ4v) is 4.20. The zero-order valence-electron chi connectivity index (χ0n) is 10.3. The lowest BCUT2D eigenvalue weighted by Crippen LogP contribution is -2.27. The molecule has 0 saturated carbocycles. The molecule has 4 heteroatoms. The topological polar surface area (TPSA) is 17.0 Å². The van der Waals surface area contributed by atoms with Crippen LogP contribution in [0.25, 0.3) is 10.9 Å². The molecular formula is C14H16BrClN2. The van der Waals surface area contributed by atoms with E-state index in [1.54, 1.807) is 0 Å². The Morgan fingerprint density at radius 3 is 2.72 bits per heavy atom. The van der Waals surface area contributed by atoms with Crippen molar-refractivity contribution in [2.75, 3.05) is 13.1 Å². The third-order valence-corrected chi connectivity index (χ3v) is 5.01. The first-order chi connectivity index (χ1) is 8.70. The number of rotatable bonds is 1. The molecule has 2 aromatic rings. The molecule has 3 rings (SSSR count). The molecule has 0 radical (unpaired) electrons. The van der Waals surface area contributed by atoms with E-state index in [9.17, 15) is 0 Å². The average molecular weight is 328 g/mol. The number of fused-ring (bicyclic) bond motifs is 1. The summed E-state index contributed by atoms with van der Waals surface area (Å²) in [7, 11) is 2.12. The van der Waals surface area contributed by atoms with Gasteiger partial charge in [-0.15, -0.1) is 0 Å². The lowest BCUT2D eigenvalue weighted by Gasteiger charge is -2.24. The SMILES string of the molecule is Cn1c(C2CCNCC2)c(Br)c2cccc(Cl)c21. The summed E-state index contributed by atoms with van der Waals surface area (Å²) in [5.41, 5.74) is 2.53. The van der Waals surface area contributed by atoms with Crippen molar-refractivity contribution in [1.82, 2.24) is 9.88 Å². The molecule has 1 aliphatic rings. The van der Waals surface area contributed by atoms with Crippen molar-refractivity contribution >= 4 is 38.4 Å². The van der Waals surface area contributed by atoms with E-state index in [2.05, 4.69) is 38.9 Å². The highest BCUT2D eigenvalue weighted by atomic mass is 79.9. The van der Waals surface area contributed by atoms with Crippen molar-refractivity contribution in [2.45, 2.75) is 18.8 Å². The number of aryl methyl sites for hydroxylation is 1. The van der Waals surface area contributed by atoms with E-state index in [-0.39, 0.29) is 0 Å². The highest BCUT2D eigenvalue weighted by molar-refractivity contribution is 9.10. The Hall–Kier alpha value is -0.510. The molecule has 0 amide bonds. The number of aromatic nitrogens is 1. The van der Waals surface area contributed by atoms with Gasteiger partial charge < -0.3 is 9.88 Å². The molecule has 0 bridgehead atoms. The molecule has 1 saturated heterocycles. The van der Waals surface area contributed by atoms with Gasteiger partial charge in [0, 0.05) is 28.5 Å². The Kier molecular flexibility index (Phi) is 3.39. The maximum absolute atomic E-state index is 6.33. The van der Waals surface area contributed by atoms with Gasteiger partial charge in [0.2, 0.25) is 0 Å². The van der Waals surface area contributed by atoms with Crippen molar-refractivity contribution in [3.05, 3.63) is 33.4 Å². The fraction of sp³-hybridized carbons (Fsp3) is 0.429. The molecule has 1 fully saturated rings. The number of nitrogens with one attached hydrogen (secondary N) is 1. The highest BCUT2D eigenvalue weighted by Gasteiger charge is 2.23. The predicted octanol–water partition coefficient (Wildman–Crippen LogP) is 4.06. The number of hydrogen-bond acceptors (Lipinski definition) is 1. The zero-order valence-corrected chi connectivity index (χ0v) is 12.7. The number of para-hydroxylation sites is 1. The number of nitrogens with zero attached hydrogens (tertiary/aromatic N) is 1. The lowest BCUT2D eigenvalue weighted by atomic mass is 9.94. The number of hydrogen-bond donors (Lipinski definition) is 1. The van der Waals surface area contributed by atoms with Crippen LogP contribution in [0.5, 0.6) is 0 Å². The van der Waals surface area contributed by atoms with Gasteiger partial charge in [0.05, 0.1) is 10.5 Å². The van der Waals surface area contributed by atoms with E-state index in [0.29, 0.717) is 5.92 Å². The second-order valence-corrected chi connectivity index (χ2v) is 6.12. The van der Waals surface area contributed by atoms with Gasteiger partial charge in [0.15, 0.2) is 0 Å². The van der Waals surface area contributed by atoms with Gasteiger partial charge in [-0.25, -0.2) is 0 Å². The molecule has 0 aliphatic carbocycles. The smallest absolute Gasteiger partial charge is 0.0681 e. The molecule has 2 nitrogen and oxygen atoms in total. The van der Waals surface area contributed by atoms with Crippen molar-refractivity contribution in [3.8, 4) is 0 Å². The Morgan fingerprint density at radius 1 is 1.33 bits per heavy atom. The average Bonchev–Trinajstić information content (AvgIpc) is 2.64. The quantitative estimate of drug-likeness (QED) is 0.836. The number of benzene rings is 1. The van der Waals surface area contributed by atoms with E-state index in [0.717, 1.165) is 23.6 Å². The van der Waals surface area contributed by atoms with E-state index >= 15 is 0 Å². The minimum absolute atomic E-state index is 0.620. The minimum atomic E-state index is 0.620. The van der Waals surface area contributed by atoms with Crippen LogP contribution in [-0.2, 0) is 7.05 Å². The van der Waals surface area contributed by atoms with Crippen molar-refractivity contribution in [1.29, 1.82) is 0 Å². The summed E-state index contributed by atoms with van der Waals surface area (Å²) in [6.07, 6.45) is 2.39. The molecule has 18 heavy (non-hydrogen) atoms. The molecular weight excluding hydrogens is 312 g/mol. The monoisotopic (exact) mass is 326 g/mol. The lowest BCUT2D eigenvalue weighted by molar-refractivity contribution is 0.445. The molecule has 1 aliphatic heterocycles. The van der Waals surface area contributed by atoms with Gasteiger partial charge in [-0.05, 0) is 47.9 Å². The van der Waals surface area contributed by atoms with E-state index in [1.165, 1.54) is 28.4 Å². The summed E-state index contributed by atoms with van der Waals surface area (Å²) >= 11 is 10.1. The maximum Gasteiger partial charge on any atom is 0.0681 e. The van der Waals surface area contributed by atoms with Crippen LogP contribution in [0.3, 0.4) is 0 Å². The van der Waals surface area contributed by atoms with E-state index in [1.807, 2.05) is 12.1 Å².